The Bertz CT molecular complexity index is 698. The molecule has 6 heteroatoms. The predicted octanol–water partition coefficient (Wildman–Crippen LogP) is 3.17. The molecule has 2 rings (SSSR count). The summed E-state index contributed by atoms with van der Waals surface area (Å²) < 4.78 is 0. The first kappa shape index (κ1) is 14.6. The van der Waals surface area contributed by atoms with Crippen molar-refractivity contribution in [2.75, 3.05) is 0 Å². The number of amides is 1. The molecule has 1 amide bonds. The van der Waals surface area contributed by atoms with Crippen LogP contribution in [0.2, 0.25) is 10.0 Å². The third-order valence-corrected chi connectivity index (χ3v) is 3.35. The number of halogens is 2. The molecule has 0 aliphatic rings. The zero-order valence-electron chi connectivity index (χ0n) is 10.6. The van der Waals surface area contributed by atoms with Gasteiger partial charge in [-0.3, -0.25) is 9.59 Å². The van der Waals surface area contributed by atoms with Gasteiger partial charge in [0.1, 0.15) is 5.69 Å². The second-order valence-electron chi connectivity index (χ2n) is 4.29. The molecule has 0 aliphatic heterocycles. The highest BCUT2D eigenvalue weighted by Crippen LogP contribution is 2.26. The highest BCUT2D eigenvalue weighted by atomic mass is 35.5. The molecule has 0 bridgehead atoms. The van der Waals surface area contributed by atoms with Crippen molar-refractivity contribution in [3.63, 3.8) is 0 Å². The normalized spacial score (nSPS) is 11.9. The number of H-pyrrole nitrogens is 1. The van der Waals surface area contributed by atoms with E-state index in [2.05, 4.69) is 10.3 Å². The van der Waals surface area contributed by atoms with Crippen LogP contribution in [0.4, 0.5) is 0 Å². The number of pyridine rings is 1. The molecule has 104 valence electrons. The number of nitrogens with one attached hydrogen (secondary N) is 2. The molecular weight excluding hydrogens is 299 g/mol. The molecule has 1 atom stereocenters. The van der Waals surface area contributed by atoms with Gasteiger partial charge in [0.15, 0.2) is 0 Å². The fraction of sp³-hybridized carbons (Fsp3) is 0.143. The van der Waals surface area contributed by atoms with E-state index in [0.717, 1.165) is 5.56 Å². The van der Waals surface area contributed by atoms with Gasteiger partial charge in [0.05, 0.1) is 6.04 Å². The van der Waals surface area contributed by atoms with Crippen LogP contribution >= 0.6 is 23.2 Å². The van der Waals surface area contributed by atoms with E-state index in [4.69, 9.17) is 23.2 Å². The van der Waals surface area contributed by atoms with Crippen LogP contribution < -0.4 is 10.9 Å². The van der Waals surface area contributed by atoms with Crippen LogP contribution in [0.1, 0.15) is 29.0 Å². The smallest absolute Gasteiger partial charge is 0.268 e. The van der Waals surface area contributed by atoms with Gasteiger partial charge in [0, 0.05) is 16.1 Å². The fourth-order valence-electron chi connectivity index (χ4n) is 1.79. The first-order valence-corrected chi connectivity index (χ1v) is 6.68. The summed E-state index contributed by atoms with van der Waals surface area (Å²) in [6.45, 7) is 1.80. The average molecular weight is 311 g/mol. The summed E-state index contributed by atoms with van der Waals surface area (Å²) in [7, 11) is 0. The van der Waals surface area contributed by atoms with Crippen molar-refractivity contribution in [1.82, 2.24) is 10.3 Å². The van der Waals surface area contributed by atoms with Gasteiger partial charge in [-0.05, 0) is 30.7 Å². The number of hydrogen-bond acceptors (Lipinski definition) is 2. The Hall–Kier alpha value is -1.78. The molecule has 0 spiro atoms. The molecule has 1 aromatic carbocycles. The van der Waals surface area contributed by atoms with Crippen LogP contribution in [0.3, 0.4) is 0 Å². The van der Waals surface area contributed by atoms with Crippen molar-refractivity contribution in [1.29, 1.82) is 0 Å². The monoisotopic (exact) mass is 310 g/mol. The molecule has 0 saturated heterocycles. The third-order valence-electron chi connectivity index (χ3n) is 2.79. The average Bonchev–Trinajstić information content (AvgIpc) is 2.38. The maximum absolute atomic E-state index is 12.0. The van der Waals surface area contributed by atoms with Gasteiger partial charge in [-0.1, -0.05) is 35.3 Å². The number of carbonyl (C=O) groups is 1. The summed E-state index contributed by atoms with van der Waals surface area (Å²) in [5.74, 6) is -0.374. The number of aromatic nitrogens is 1. The van der Waals surface area contributed by atoms with Gasteiger partial charge in [-0.15, -0.1) is 0 Å². The third kappa shape index (κ3) is 3.40. The number of rotatable bonds is 3. The van der Waals surface area contributed by atoms with E-state index in [1.54, 1.807) is 25.1 Å². The van der Waals surface area contributed by atoms with Gasteiger partial charge in [0.25, 0.3) is 5.91 Å². The maximum atomic E-state index is 12.0. The molecule has 2 N–H and O–H groups in total. The van der Waals surface area contributed by atoms with Gasteiger partial charge in [0.2, 0.25) is 5.56 Å². The SMILES string of the molecule is CC(NC(=O)c1cccc(=O)[nH]1)c1ccc(Cl)cc1Cl. The summed E-state index contributed by atoms with van der Waals surface area (Å²) in [6.07, 6.45) is 0. The van der Waals surface area contributed by atoms with Crippen molar-refractivity contribution in [3.05, 3.63) is 68.1 Å². The topological polar surface area (TPSA) is 62.0 Å². The molecule has 0 aliphatic carbocycles. The molecule has 1 aromatic heterocycles. The predicted molar refractivity (Wildman–Crippen MR) is 79.4 cm³/mol. The lowest BCUT2D eigenvalue weighted by atomic mass is 10.1. The number of benzene rings is 1. The van der Waals surface area contributed by atoms with E-state index in [1.807, 2.05) is 0 Å². The summed E-state index contributed by atoms with van der Waals surface area (Å²) >= 11 is 11.9. The molecule has 1 unspecified atom stereocenters. The Kier molecular flexibility index (Phi) is 4.47. The van der Waals surface area contributed by atoms with Crippen LogP contribution in [-0.4, -0.2) is 10.9 Å². The largest absolute Gasteiger partial charge is 0.344 e. The van der Waals surface area contributed by atoms with Crippen LogP contribution in [0, 0.1) is 0 Å². The minimum Gasteiger partial charge on any atom is -0.344 e. The van der Waals surface area contributed by atoms with Crippen molar-refractivity contribution < 1.29 is 4.79 Å². The number of hydrogen-bond donors (Lipinski definition) is 2. The summed E-state index contributed by atoms with van der Waals surface area (Å²) in [5.41, 5.74) is 0.631. The van der Waals surface area contributed by atoms with Gasteiger partial charge in [-0.2, -0.15) is 0 Å². The van der Waals surface area contributed by atoms with Gasteiger partial charge < -0.3 is 10.3 Å². The van der Waals surface area contributed by atoms with E-state index in [9.17, 15) is 9.59 Å². The zero-order chi connectivity index (χ0) is 14.7. The number of aromatic amines is 1. The highest BCUT2D eigenvalue weighted by Gasteiger charge is 2.14. The van der Waals surface area contributed by atoms with Crippen LogP contribution in [0.5, 0.6) is 0 Å². The molecule has 0 radical (unpaired) electrons. The quantitative estimate of drug-likeness (QED) is 0.914. The van der Waals surface area contributed by atoms with Crippen LogP contribution in [-0.2, 0) is 0 Å². The summed E-state index contributed by atoms with van der Waals surface area (Å²) in [4.78, 5) is 25.6. The lowest BCUT2D eigenvalue weighted by Crippen LogP contribution is -2.28. The van der Waals surface area contributed by atoms with E-state index in [0.29, 0.717) is 10.0 Å². The van der Waals surface area contributed by atoms with Crippen molar-refractivity contribution in [2.24, 2.45) is 0 Å². The van der Waals surface area contributed by atoms with Gasteiger partial charge >= 0.3 is 0 Å². The minimum absolute atomic E-state index is 0.203. The number of carbonyl (C=O) groups excluding carboxylic acids is 1. The summed E-state index contributed by atoms with van der Waals surface area (Å²) in [6, 6.07) is 9.16. The first-order chi connectivity index (χ1) is 9.47. The van der Waals surface area contributed by atoms with Crippen molar-refractivity contribution >= 4 is 29.1 Å². The Labute approximate surface area is 125 Å². The first-order valence-electron chi connectivity index (χ1n) is 5.92. The second kappa shape index (κ2) is 6.11. The molecule has 0 saturated carbocycles. The Morgan fingerprint density at radius 1 is 1.25 bits per heavy atom. The van der Waals surface area contributed by atoms with E-state index in [-0.39, 0.29) is 23.2 Å². The van der Waals surface area contributed by atoms with Gasteiger partial charge in [-0.25, -0.2) is 0 Å². The van der Waals surface area contributed by atoms with Crippen molar-refractivity contribution in [2.45, 2.75) is 13.0 Å². The summed E-state index contributed by atoms with van der Waals surface area (Å²) in [5, 5.41) is 3.77. The Morgan fingerprint density at radius 3 is 2.65 bits per heavy atom. The molecular formula is C14H12Cl2N2O2. The van der Waals surface area contributed by atoms with Crippen molar-refractivity contribution in [3.8, 4) is 0 Å². The van der Waals surface area contributed by atoms with E-state index < -0.39 is 0 Å². The fourth-order valence-corrected chi connectivity index (χ4v) is 2.36. The zero-order valence-corrected chi connectivity index (χ0v) is 12.1. The van der Waals surface area contributed by atoms with Crippen LogP contribution in [0.25, 0.3) is 0 Å². The Balaban J connectivity index is 2.17. The lowest BCUT2D eigenvalue weighted by molar-refractivity contribution is 0.0934. The molecule has 1 heterocycles. The van der Waals surface area contributed by atoms with Crippen LogP contribution in [0.15, 0.2) is 41.2 Å². The maximum Gasteiger partial charge on any atom is 0.268 e. The second-order valence-corrected chi connectivity index (χ2v) is 5.13. The lowest BCUT2D eigenvalue weighted by Gasteiger charge is -2.15. The Morgan fingerprint density at radius 2 is 2.00 bits per heavy atom. The molecule has 2 aromatic rings. The van der Waals surface area contributed by atoms with E-state index >= 15 is 0 Å². The van der Waals surface area contributed by atoms with E-state index in [1.165, 1.54) is 18.2 Å². The highest BCUT2D eigenvalue weighted by molar-refractivity contribution is 6.35. The molecule has 20 heavy (non-hydrogen) atoms. The standard InChI is InChI=1S/C14H12Cl2N2O2/c1-8(10-6-5-9(15)7-11(10)16)17-14(20)12-3-2-4-13(19)18-12/h2-8H,1H3,(H,17,20)(H,18,19). The minimum atomic E-state index is -0.374. The molecule has 0 fully saturated rings. The molecule has 4 nitrogen and oxygen atoms in total.